The normalized spacial score (nSPS) is 16.2. The maximum absolute atomic E-state index is 11.6. The van der Waals surface area contributed by atoms with Crippen molar-refractivity contribution in [2.45, 2.75) is 6.04 Å². The molecule has 2 aromatic carbocycles. The number of carboxylic acid groups (broad SMARTS) is 1. The fourth-order valence-electron chi connectivity index (χ4n) is 2.47. The zero-order chi connectivity index (χ0) is 14.1. The van der Waals surface area contributed by atoms with Crippen LogP contribution in [0, 0.1) is 0 Å². The molecule has 1 heterocycles. The molecule has 0 saturated carbocycles. The van der Waals surface area contributed by atoms with Gasteiger partial charge in [0.25, 0.3) is 0 Å². The fourth-order valence-corrected chi connectivity index (χ4v) is 2.47. The molecule has 102 valence electrons. The first-order valence-electron chi connectivity index (χ1n) is 6.32. The van der Waals surface area contributed by atoms with Gasteiger partial charge in [0.05, 0.1) is 6.54 Å². The van der Waals surface area contributed by atoms with Gasteiger partial charge >= 0.3 is 12.1 Å². The highest BCUT2D eigenvalue weighted by atomic mass is 16.6. The second-order valence-electron chi connectivity index (χ2n) is 4.66. The molecule has 5 heteroatoms. The van der Waals surface area contributed by atoms with Gasteiger partial charge in [0, 0.05) is 0 Å². The van der Waals surface area contributed by atoms with Gasteiger partial charge in [0.1, 0.15) is 6.61 Å². The van der Waals surface area contributed by atoms with Crippen LogP contribution < -0.4 is 0 Å². The molecule has 0 spiro atoms. The van der Waals surface area contributed by atoms with Gasteiger partial charge in [-0.2, -0.15) is 0 Å². The maximum Gasteiger partial charge on any atom is 0.410 e. The molecule has 1 aliphatic rings. The van der Waals surface area contributed by atoms with Crippen LogP contribution in [0.4, 0.5) is 4.79 Å². The number of benzene rings is 2. The summed E-state index contributed by atoms with van der Waals surface area (Å²) in [5, 5.41) is 11.4. The molecule has 5 nitrogen and oxygen atoms in total. The highest BCUT2D eigenvalue weighted by Gasteiger charge is 2.35. The summed E-state index contributed by atoms with van der Waals surface area (Å²) in [7, 11) is 0. The van der Waals surface area contributed by atoms with E-state index in [4.69, 9.17) is 4.74 Å². The van der Waals surface area contributed by atoms with Gasteiger partial charge in [0.15, 0.2) is 6.04 Å². The molecule has 1 saturated heterocycles. The number of fused-ring (bicyclic) bond motifs is 1. The number of carboxylic acids is 1. The number of ether oxygens (including phenoxy) is 1. The number of rotatable bonds is 3. The number of hydrogen-bond donors (Lipinski definition) is 1. The van der Waals surface area contributed by atoms with E-state index in [1.165, 1.54) is 4.90 Å². The van der Waals surface area contributed by atoms with Crippen molar-refractivity contribution in [2.24, 2.45) is 0 Å². The molecule has 0 aliphatic carbocycles. The van der Waals surface area contributed by atoms with Crippen LogP contribution in [0.1, 0.15) is 11.6 Å². The molecule has 1 atom stereocenters. The van der Waals surface area contributed by atoms with Crippen LogP contribution in [0.3, 0.4) is 0 Å². The number of carbonyl (C=O) groups is 2. The Bertz CT molecular complexity index is 682. The summed E-state index contributed by atoms with van der Waals surface area (Å²) in [5.74, 6) is -1.06. The van der Waals surface area contributed by atoms with Crippen molar-refractivity contribution in [1.29, 1.82) is 0 Å². The Morgan fingerprint density at radius 3 is 2.60 bits per heavy atom. The number of carbonyl (C=O) groups excluding carboxylic acids is 1. The van der Waals surface area contributed by atoms with Crippen molar-refractivity contribution >= 4 is 22.8 Å². The van der Waals surface area contributed by atoms with Crippen LogP contribution in [0.15, 0.2) is 42.5 Å². The number of cyclic esters (lactones) is 1. The van der Waals surface area contributed by atoms with Gasteiger partial charge < -0.3 is 9.84 Å². The summed E-state index contributed by atoms with van der Waals surface area (Å²) in [6.07, 6.45) is -0.578. The molecule has 20 heavy (non-hydrogen) atoms. The Kier molecular flexibility index (Phi) is 3.02. The molecule has 1 unspecified atom stereocenters. The summed E-state index contributed by atoms with van der Waals surface area (Å²) in [5.41, 5.74) is 0.579. The monoisotopic (exact) mass is 271 g/mol. The molecule has 0 radical (unpaired) electrons. The number of nitrogens with zero attached hydrogens (tertiary/aromatic N) is 1. The number of aliphatic carboxylic acids is 1. The van der Waals surface area contributed by atoms with E-state index in [2.05, 4.69) is 0 Å². The largest absolute Gasteiger partial charge is 0.479 e. The molecule has 3 rings (SSSR count). The van der Waals surface area contributed by atoms with E-state index in [1.807, 2.05) is 30.3 Å². The predicted octanol–water partition coefficient (Wildman–Crippen LogP) is 2.42. The quantitative estimate of drug-likeness (QED) is 0.931. The van der Waals surface area contributed by atoms with E-state index in [1.54, 1.807) is 12.1 Å². The third-order valence-electron chi connectivity index (χ3n) is 3.43. The molecule has 1 amide bonds. The maximum atomic E-state index is 11.6. The van der Waals surface area contributed by atoms with Crippen molar-refractivity contribution in [3.63, 3.8) is 0 Å². The Balaban J connectivity index is 2.05. The third kappa shape index (κ3) is 2.07. The van der Waals surface area contributed by atoms with Crippen LogP contribution in [-0.2, 0) is 9.53 Å². The van der Waals surface area contributed by atoms with E-state index in [0.717, 1.165) is 10.8 Å². The first-order chi connectivity index (χ1) is 9.66. The molecule has 1 N–H and O–H groups in total. The van der Waals surface area contributed by atoms with Crippen molar-refractivity contribution in [3.05, 3.63) is 48.0 Å². The third-order valence-corrected chi connectivity index (χ3v) is 3.43. The summed E-state index contributed by atoms with van der Waals surface area (Å²) >= 11 is 0. The lowest BCUT2D eigenvalue weighted by atomic mass is 10.0. The van der Waals surface area contributed by atoms with Gasteiger partial charge in [-0.05, 0) is 22.4 Å². The smallest absolute Gasteiger partial charge is 0.410 e. The van der Waals surface area contributed by atoms with Gasteiger partial charge in [-0.15, -0.1) is 0 Å². The molecule has 0 aromatic heterocycles. The molecule has 1 aliphatic heterocycles. The Morgan fingerprint density at radius 2 is 1.95 bits per heavy atom. The molecule has 2 aromatic rings. The summed E-state index contributed by atoms with van der Waals surface area (Å²) in [6, 6.07) is 12.1. The van der Waals surface area contributed by atoms with Crippen molar-refractivity contribution in [2.75, 3.05) is 13.2 Å². The van der Waals surface area contributed by atoms with Gasteiger partial charge in [-0.25, -0.2) is 9.59 Å². The minimum absolute atomic E-state index is 0.232. The number of hydrogen-bond acceptors (Lipinski definition) is 3. The standard InChI is InChI=1S/C15H13NO4/c17-14(18)13(16-7-8-20-15(16)19)12-6-5-10-3-1-2-4-11(10)9-12/h1-6,9,13H,7-8H2,(H,17,18). The fraction of sp³-hybridized carbons (Fsp3) is 0.200. The lowest BCUT2D eigenvalue weighted by Gasteiger charge is -2.22. The van der Waals surface area contributed by atoms with E-state index in [0.29, 0.717) is 12.1 Å². The zero-order valence-electron chi connectivity index (χ0n) is 10.7. The summed E-state index contributed by atoms with van der Waals surface area (Å²) < 4.78 is 4.83. The Hall–Kier alpha value is -2.56. The van der Waals surface area contributed by atoms with Crippen LogP contribution >= 0.6 is 0 Å². The SMILES string of the molecule is O=C(O)C(c1ccc2ccccc2c1)N1CCOC1=O. The summed E-state index contributed by atoms with van der Waals surface area (Å²) in [6.45, 7) is 0.527. The van der Waals surface area contributed by atoms with Crippen LogP contribution in [0.25, 0.3) is 10.8 Å². The lowest BCUT2D eigenvalue weighted by Crippen LogP contribution is -2.34. The van der Waals surface area contributed by atoms with Crippen LogP contribution in [0.2, 0.25) is 0 Å². The van der Waals surface area contributed by atoms with E-state index >= 15 is 0 Å². The van der Waals surface area contributed by atoms with E-state index < -0.39 is 18.1 Å². The van der Waals surface area contributed by atoms with Crippen LogP contribution in [-0.4, -0.2) is 35.2 Å². The van der Waals surface area contributed by atoms with Gasteiger partial charge in [0.2, 0.25) is 0 Å². The average Bonchev–Trinajstić information content (AvgIpc) is 2.85. The predicted molar refractivity (Wildman–Crippen MR) is 72.4 cm³/mol. The summed E-state index contributed by atoms with van der Waals surface area (Å²) in [4.78, 5) is 24.4. The van der Waals surface area contributed by atoms with Gasteiger partial charge in [-0.1, -0.05) is 36.4 Å². The van der Waals surface area contributed by atoms with Crippen molar-refractivity contribution < 1.29 is 19.4 Å². The molecular weight excluding hydrogens is 258 g/mol. The lowest BCUT2D eigenvalue weighted by molar-refractivity contribution is -0.142. The zero-order valence-corrected chi connectivity index (χ0v) is 10.7. The second kappa shape index (κ2) is 4.85. The minimum atomic E-state index is -1.06. The first kappa shape index (κ1) is 12.5. The molecular formula is C15H13NO4. The van der Waals surface area contributed by atoms with Gasteiger partial charge in [-0.3, -0.25) is 4.90 Å². The Labute approximate surface area is 115 Å². The highest BCUT2D eigenvalue weighted by molar-refractivity contribution is 5.87. The molecule has 1 fully saturated rings. The van der Waals surface area contributed by atoms with E-state index in [-0.39, 0.29) is 6.61 Å². The number of amides is 1. The first-order valence-corrected chi connectivity index (χ1v) is 6.32. The molecule has 0 bridgehead atoms. The highest BCUT2D eigenvalue weighted by Crippen LogP contribution is 2.27. The minimum Gasteiger partial charge on any atom is -0.479 e. The topological polar surface area (TPSA) is 66.8 Å². The van der Waals surface area contributed by atoms with Crippen molar-refractivity contribution in [1.82, 2.24) is 4.90 Å². The van der Waals surface area contributed by atoms with E-state index in [9.17, 15) is 14.7 Å². The Morgan fingerprint density at radius 1 is 1.20 bits per heavy atom. The average molecular weight is 271 g/mol. The second-order valence-corrected chi connectivity index (χ2v) is 4.66. The van der Waals surface area contributed by atoms with Crippen LogP contribution in [0.5, 0.6) is 0 Å². The van der Waals surface area contributed by atoms with Crippen molar-refractivity contribution in [3.8, 4) is 0 Å².